The number of carbonyl (C=O) groups excluding carboxylic acids is 2. The first kappa shape index (κ1) is 21.8. The fraction of sp³-hybridized carbons (Fsp3) is 0.417. The molecule has 1 aliphatic rings. The molecule has 0 spiro atoms. The van der Waals surface area contributed by atoms with Crippen LogP contribution in [0.4, 0.5) is 5.69 Å². The third-order valence-electron chi connectivity index (χ3n) is 5.14. The van der Waals surface area contributed by atoms with Gasteiger partial charge in [0.05, 0.1) is 6.61 Å². The van der Waals surface area contributed by atoms with Crippen molar-refractivity contribution < 1.29 is 19.1 Å². The smallest absolute Gasteiger partial charge is 0.255 e. The molecule has 0 saturated heterocycles. The summed E-state index contributed by atoms with van der Waals surface area (Å²) >= 11 is 0. The summed E-state index contributed by atoms with van der Waals surface area (Å²) in [5.41, 5.74) is 1.66. The molecule has 0 heterocycles. The molecule has 2 N–H and O–H groups in total. The van der Waals surface area contributed by atoms with Gasteiger partial charge in [0.2, 0.25) is 0 Å². The topological polar surface area (TPSA) is 76.7 Å². The van der Waals surface area contributed by atoms with E-state index in [1.165, 1.54) is 6.42 Å². The Balaban J connectivity index is 1.54. The van der Waals surface area contributed by atoms with Crippen molar-refractivity contribution in [3.63, 3.8) is 0 Å². The highest BCUT2D eigenvalue weighted by atomic mass is 16.5. The molecule has 0 unspecified atom stereocenters. The highest BCUT2D eigenvalue weighted by Crippen LogP contribution is 2.19. The minimum Gasteiger partial charge on any atom is -0.491 e. The van der Waals surface area contributed by atoms with Crippen LogP contribution in [0.25, 0.3) is 0 Å². The van der Waals surface area contributed by atoms with E-state index < -0.39 is 0 Å². The van der Waals surface area contributed by atoms with E-state index >= 15 is 0 Å². The van der Waals surface area contributed by atoms with Crippen molar-refractivity contribution in [1.82, 2.24) is 5.32 Å². The molecule has 0 aliphatic heterocycles. The van der Waals surface area contributed by atoms with Gasteiger partial charge in [-0.2, -0.15) is 0 Å². The van der Waals surface area contributed by atoms with Crippen LogP contribution in [0.1, 0.15) is 59.7 Å². The molecule has 0 bridgehead atoms. The predicted octanol–water partition coefficient (Wildman–Crippen LogP) is 4.42. The van der Waals surface area contributed by atoms with E-state index in [2.05, 4.69) is 10.6 Å². The first-order chi connectivity index (χ1) is 14.7. The van der Waals surface area contributed by atoms with E-state index in [0.29, 0.717) is 42.4 Å². The van der Waals surface area contributed by atoms with Crippen LogP contribution in [0, 0.1) is 0 Å². The summed E-state index contributed by atoms with van der Waals surface area (Å²) in [5.74, 6) is 0.361. The number of benzene rings is 2. The van der Waals surface area contributed by atoms with Crippen LogP contribution in [0.3, 0.4) is 0 Å². The van der Waals surface area contributed by atoms with Gasteiger partial charge in [-0.25, -0.2) is 0 Å². The lowest BCUT2D eigenvalue weighted by Gasteiger charge is -2.22. The first-order valence-corrected chi connectivity index (χ1v) is 10.7. The average Bonchev–Trinajstić information content (AvgIpc) is 2.78. The number of anilines is 1. The maximum Gasteiger partial charge on any atom is 0.255 e. The lowest BCUT2D eigenvalue weighted by atomic mass is 9.95. The molecule has 2 amide bonds. The van der Waals surface area contributed by atoms with Crippen LogP contribution in [-0.4, -0.2) is 37.7 Å². The summed E-state index contributed by atoms with van der Waals surface area (Å²) in [6.07, 6.45) is 5.64. The molecule has 0 atom stereocenters. The van der Waals surface area contributed by atoms with Crippen LogP contribution in [-0.2, 0) is 4.74 Å². The van der Waals surface area contributed by atoms with Gasteiger partial charge in [-0.15, -0.1) is 0 Å². The van der Waals surface area contributed by atoms with Crippen LogP contribution < -0.4 is 15.4 Å². The largest absolute Gasteiger partial charge is 0.491 e. The third-order valence-corrected chi connectivity index (χ3v) is 5.14. The second-order valence-corrected chi connectivity index (χ2v) is 7.41. The standard InChI is InChI=1S/C24H30N2O4/c1-2-29-15-16-30-22-13-11-18(12-14-22)23(27)26-21-10-6-7-19(17-21)24(28)25-20-8-4-3-5-9-20/h6-7,10-14,17,20H,2-5,8-9,15-16H2,1H3,(H,25,28)(H,26,27). The van der Waals surface area contributed by atoms with Crippen molar-refractivity contribution in [2.24, 2.45) is 0 Å². The van der Waals surface area contributed by atoms with Gasteiger partial charge in [0.1, 0.15) is 12.4 Å². The highest BCUT2D eigenvalue weighted by Gasteiger charge is 2.17. The van der Waals surface area contributed by atoms with E-state index in [1.807, 2.05) is 6.92 Å². The number of carbonyl (C=O) groups is 2. The number of ether oxygens (including phenoxy) is 2. The van der Waals surface area contributed by atoms with Gasteiger partial charge in [0.25, 0.3) is 11.8 Å². The molecule has 1 aliphatic carbocycles. The molecule has 0 aromatic heterocycles. The third kappa shape index (κ3) is 6.59. The Morgan fingerprint density at radius 2 is 1.70 bits per heavy atom. The number of hydrogen-bond donors (Lipinski definition) is 2. The minimum absolute atomic E-state index is 0.0912. The van der Waals surface area contributed by atoms with Crippen molar-refractivity contribution >= 4 is 17.5 Å². The molecule has 1 saturated carbocycles. The summed E-state index contributed by atoms with van der Waals surface area (Å²) in [7, 11) is 0. The van der Waals surface area contributed by atoms with Crippen LogP contribution in [0.15, 0.2) is 48.5 Å². The van der Waals surface area contributed by atoms with E-state index in [-0.39, 0.29) is 17.9 Å². The summed E-state index contributed by atoms with van der Waals surface area (Å²) in [4.78, 5) is 25.1. The fourth-order valence-electron chi connectivity index (χ4n) is 3.52. The minimum atomic E-state index is -0.235. The molecule has 6 nitrogen and oxygen atoms in total. The van der Waals surface area contributed by atoms with Gasteiger partial charge in [-0.1, -0.05) is 25.3 Å². The Bertz CT molecular complexity index is 829. The fourth-order valence-corrected chi connectivity index (χ4v) is 3.52. The first-order valence-electron chi connectivity index (χ1n) is 10.7. The van der Waals surface area contributed by atoms with Crippen LogP contribution in [0.2, 0.25) is 0 Å². The predicted molar refractivity (Wildman–Crippen MR) is 117 cm³/mol. The molecule has 3 rings (SSSR count). The molecule has 160 valence electrons. The van der Waals surface area contributed by atoms with Crippen molar-refractivity contribution in [3.8, 4) is 5.75 Å². The maximum absolute atomic E-state index is 12.6. The lowest BCUT2D eigenvalue weighted by Crippen LogP contribution is -2.36. The van der Waals surface area contributed by atoms with Gasteiger partial charge < -0.3 is 20.1 Å². The number of hydrogen-bond acceptors (Lipinski definition) is 4. The van der Waals surface area contributed by atoms with Crippen molar-refractivity contribution in [2.75, 3.05) is 25.1 Å². The summed E-state index contributed by atoms with van der Waals surface area (Å²) in [5, 5.41) is 5.96. The van der Waals surface area contributed by atoms with E-state index in [0.717, 1.165) is 25.7 Å². The Hall–Kier alpha value is -2.86. The number of amides is 2. The zero-order valence-corrected chi connectivity index (χ0v) is 17.5. The SMILES string of the molecule is CCOCCOc1ccc(C(=O)Nc2cccc(C(=O)NC3CCCCC3)c2)cc1. The average molecular weight is 411 g/mol. The van der Waals surface area contributed by atoms with Gasteiger partial charge >= 0.3 is 0 Å². The van der Waals surface area contributed by atoms with E-state index in [9.17, 15) is 9.59 Å². The molecule has 6 heteroatoms. The molecule has 1 fully saturated rings. The van der Waals surface area contributed by atoms with E-state index in [1.54, 1.807) is 48.5 Å². The lowest BCUT2D eigenvalue weighted by molar-refractivity contribution is 0.0926. The van der Waals surface area contributed by atoms with Crippen LogP contribution in [0.5, 0.6) is 5.75 Å². The normalized spacial score (nSPS) is 14.2. The maximum atomic E-state index is 12.6. The zero-order valence-electron chi connectivity index (χ0n) is 17.5. The molecule has 2 aromatic carbocycles. The zero-order chi connectivity index (χ0) is 21.2. The summed E-state index contributed by atoms with van der Waals surface area (Å²) in [6.45, 7) is 3.59. The van der Waals surface area contributed by atoms with Crippen molar-refractivity contribution in [1.29, 1.82) is 0 Å². The van der Waals surface area contributed by atoms with Crippen molar-refractivity contribution in [2.45, 2.75) is 45.1 Å². The molecular formula is C24H30N2O4. The molecule has 2 aromatic rings. The molecule has 0 radical (unpaired) electrons. The Morgan fingerprint density at radius 1 is 0.933 bits per heavy atom. The van der Waals surface area contributed by atoms with Gasteiger partial charge in [0.15, 0.2) is 0 Å². The summed E-state index contributed by atoms with van der Waals surface area (Å²) in [6, 6.07) is 14.2. The van der Waals surface area contributed by atoms with Gasteiger partial charge in [-0.05, 0) is 62.2 Å². The van der Waals surface area contributed by atoms with Crippen LogP contribution >= 0.6 is 0 Å². The summed E-state index contributed by atoms with van der Waals surface area (Å²) < 4.78 is 10.8. The monoisotopic (exact) mass is 410 g/mol. The molecular weight excluding hydrogens is 380 g/mol. The Labute approximate surface area is 178 Å². The quantitative estimate of drug-likeness (QED) is 0.600. The van der Waals surface area contributed by atoms with Crippen molar-refractivity contribution in [3.05, 3.63) is 59.7 Å². The second-order valence-electron chi connectivity index (χ2n) is 7.41. The van der Waals surface area contributed by atoms with E-state index in [4.69, 9.17) is 9.47 Å². The second kappa shape index (κ2) is 11.4. The Morgan fingerprint density at radius 3 is 2.43 bits per heavy atom. The highest BCUT2D eigenvalue weighted by molar-refractivity contribution is 6.05. The number of nitrogens with one attached hydrogen (secondary N) is 2. The molecule has 30 heavy (non-hydrogen) atoms. The van der Waals surface area contributed by atoms with Gasteiger partial charge in [-0.3, -0.25) is 9.59 Å². The Kier molecular flexibility index (Phi) is 8.27. The van der Waals surface area contributed by atoms with Gasteiger partial charge in [0, 0.05) is 29.5 Å². The number of rotatable bonds is 9.